The molecule has 0 aliphatic heterocycles. The lowest BCUT2D eigenvalue weighted by Crippen LogP contribution is -2.28. The molecule has 2 heterocycles. The third-order valence-corrected chi connectivity index (χ3v) is 6.26. The molecular weight excluding hydrogens is 414 g/mol. The van der Waals surface area contributed by atoms with Crippen LogP contribution in [0.1, 0.15) is 18.7 Å². The highest BCUT2D eigenvalue weighted by molar-refractivity contribution is 7.90. The predicted molar refractivity (Wildman–Crippen MR) is 111 cm³/mol. The Labute approximate surface area is 172 Å². The fraction of sp³-hybridized carbons (Fsp3) is 0.316. The van der Waals surface area contributed by atoms with Crippen molar-refractivity contribution in [2.75, 3.05) is 19.9 Å². The quantitative estimate of drug-likeness (QED) is 0.543. The Morgan fingerprint density at radius 2 is 1.97 bits per heavy atom. The smallest absolute Gasteiger partial charge is 0.268 e. The molecule has 0 atom stereocenters. The van der Waals surface area contributed by atoms with Gasteiger partial charge >= 0.3 is 0 Å². The van der Waals surface area contributed by atoms with Gasteiger partial charge in [-0.1, -0.05) is 0 Å². The van der Waals surface area contributed by atoms with E-state index in [1.54, 1.807) is 30.6 Å². The largest absolute Gasteiger partial charge is 0.494 e. The van der Waals surface area contributed by atoms with Gasteiger partial charge in [0.25, 0.3) is 5.56 Å². The van der Waals surface area contributed by atoms with E-state index in [0.29, 0.717) is 34.8 Å². The number of aromatic amines is 1. The first kappa shape index (κ1) is 21.0. The molecule has 0 aliphatic rings. The molecule has 0 fully saturated rings. The SMILES string of the molecule is CN(Cc1nc2ccsc2c(=O)[nH]1)C(=O)CCCOc1ccc(S(C)(=O)=O)cc1. The van der Waals surface area contributed by atoms with E-state index in [9.17, 15) is 18.0 Å². The summed E-state index contributed by atoms with van der Waals surface area (Å²) in [5, 5.41) is 1.81. The molecule has 0 bridgehead atoms. The van der Waals surface area contributed by atoms with Crippen LogP contribution in [-0.4, -0.2) is 49.1 Å². The standard InChI is InChI=1S/C19H21N3O5S2/c1-22(12-16-20-15-9-11-28-18(15)19(24)21-16)17(23)4-3-10-27-13-5-7-14(8-6-13)29(2,25)26/h5-9,11H,3-4,10,12H2,1-2H3,(H,20,21,24). The maximum atomic E-state index is 12.3. The van der Waals surface area contributed by atoms with E-state index >= 15 is 0 Å². The van der Waals surface area contributed by atoms with E-state index in [1.807, 2.05) is 0 Å². The average Bonchev–Trinajstić information content (AvgIpc) is 3.14. The number of hydrogen-bond donors (Lipinski definition) is 1. The molecular formula is C19H21N3O5S2. The normalized spacial score (nSPS) is 11.5. The van der Waals surface area contributed by atoms with Gasteiger partial charge in [0, 0.05) is 19.7 Å². The summed E-state index contributed by atoms with van der Waals surface area (Å²) in [7, 11) is -1.58. The van der Waals surface area contributed by atoms with Gasteiger partial charge in [0.1, 0.15) is 16.3 Å². The van der Waals surface area contributed by atoms with Crippen LogP contribution >= 0.6 is 11.3 Å². The van der Waals surface area contributed by atoms with Crippen LogP contribution in [0.2, 0.25) is 0 Å². The molecule has 10 heteroatoms. The van der Waals surface area contributed by atoms with Crippen LogP contribution in [0.5, 0.6) is 5.75 Å². The van der Waals surface area contributed by atoms with Gasteiger partial charge in [0.15, 0.2) is 9.84 Å². The zero-order valence-corrected chi connectivity index (χ0v) is 17.7. The summed E-state index contributed by atoms with van der Waals surface area (Å²) >= 11 is 1.33. The molecule has 0 aliphatic carbocycles. The Hall–Kier alpha value is -2.72. The van der Waals surface area contributed by atoms with Gasteiger partial charge in [-0.2, -0.15) is 0 Å². The molecule has 8 nitrogen and oxygen atoms in total. The van der Waals surface area contributed by atoms with Gasteiger partial charge in [-0.15, -0.1) is 11.3 Å². The number of nitrogens with zero attached hydrogens (tertiary/aromatic N) is 2. The van der Waals surface area contributed by atoms with Crippen molar-refractivity contribution in [1.82, 2.24) is 14.9 Å². The number of aromatic nitrogens is 2. The van der Waals surface area contributed by atoms with Crippen LogP contribution < -0.4 is 10.3 Å². The number of carbonyl (C=O) groups is 1. The number of thiophene rings is 1. The highest BCUT2D eigenvalue weighted by Gasteiger charge is 2.12. The van der Waals surface area contributed by atoms with E-state index < -0.39 is 9.84 Å². The van der Waals surface area contributed by atoms with E-state index in [2.05, 4.69) is 9.97 Å². The third kappa shape index (κ3) is 5.42. The maximum Gasteiger partial charge on any atom is 0.268 e. The molecule has 0 saturated carbocycles. The number of sulfone groups is 1. The molecule has 154 valence electrons. The first-order chi connectivity index (χ1) is 13.7. The van der Waals surface area contributed by atoms with Crippen LogP contribution in [0.25, 0.3) is 10.2 Å². The van der Waals surface area contributed by atoms with Crippen molar-refractivity contribution in [2.45, 2.75) is 24.3 Å². The van der Waals surface area contributed by atoms with Crippen molar-refractivity contribution < 1.29 is 17.9 Å². The van der Waals surface area contributed by atoms with Gasteiger partial charge in [-0.05, 0) is 42.1 Å². The predicted octanol–water partition coefficient (Wildman–Crippen LogP) is 2.21. The fourth-order valence-electron chi connectivity index (χ4n) is 2.70. The minimum Gasteiger partial charge on any atom is -0.494 e. The minimum absolute atomic E-state index is 0.0888. The number of nitrogens with one attached hydrogen (secondary N) is 1. The van der Waals surface area contributed by atoms with Crippen LogP contribution in [0.3, 0.4) is 0 Å². The first-order valence-corrected chi connectivity index (χ1v) is 11.6. The number of hydrogen-bond acceptors (Lipinski definition) is 7. The molecule has 2 aromatic heterocycles. The first-order valence-electron chi connectivity index (χ1n) is 8.87. The zero-order chi connectivity index (χ0) is 21.0. The topological polar surface area (TPSA) is 109 Å². The maximum absolute atomic E-state index is 12.3. The van der Waals surface area contributed by atoms with Gasteiger partial charge in [0.05, 0.1) is 23.6 Å². The van der Waals surface area contributed by atoms with Gasteiger partial charge in [-0.25, -0.2) is 13.4 Å². The summed E-state index contributed by atoms with van der Waals surface area (Å²) in [4.78, 5) is 33.1. The summed E-state index contributed by atoms with van der Waals surface area (Å²) in [6.45, 7) is 0.543. The van der Waals surface area contributed by atoms with Gasteiger partial charge in [0.2, 0.25) is 5.91 Å². The van der Waals surface area contributed by atoms with Gasteiger partial charge < -0.3 is 14.6 Å². The van der Waals surface area contributed by atoms with Crippen molar-refractivity contribution in [3.8, 4) is 5.75 Å². The fourth-order valence-corrected chi connectivity index (χ4v) is 4.05. The number of H-pyrrole nitrogens is 1. The van der Waals surface area contributed by atoms with E-state index in [1.165, 1.54) is 28.4 Å². The Balaban J connectivity index is 1.46. The molecule has 1 amide bonds. The van der Waals surface area contributed by atoms with Crippen LogP contribution in [0.15, 0.2) is 45.4 Å². The summed E-state index contributed by atoms with van der Waals surface area (Å²) in [6, 6.07) is 7.93. The molecule has 0 spiro atoms. The van der Waals surface area contributed by atoms with Crippen molar-refractivity contribution in [1.29, 1.82) is 0 Å². The number of amides is 1. The van der Waals surface area contributed by atoms with Crippen LogP contribution in [0.4, 0.5) is 0 Å². The Kier molecular flexibility index (Phi) is 6.33. The van der Waals surface area contributed by atoms with E-state index in [-0.39, 0.29) is 29.3 Å². The summed E-state index contributed by atoms with van der Waals surface area (Å²) < 4.78 is 29.0. The van der Waals surface area contributed by atoms with Crippen LogP contribution in [-0.2, 0) is 21.2 Å². The molecule has 29 heavy (non-hydrogen) atoms. The second-order valence-electron chi connectivity index (χ2n) is 6.59. The zero-order valence-electron chi connectivity index (χ0n) is 16.0. The van der Waals surface area contributed by atoms with Crippen LogP contribution in [0, 0.1) is 0 Å². The number of rotatable bonds is 8. The van der Waals surface area contributed by atoms with Crippen molar-refractivity contribution in [2.24, 2.45) is 0 Å². The number of fused-ring (bicyclic) bond motifs is 1. The highest BCUT2D eigenvalue weighted by atomic mass is 32.2. The monoisotopic (exact) mass is 435 g/mol. The third-order valence-electron chi connectivity index (χ3n) is 4.23. The Morgan fingerprint density at radius 1 is 1.24 bits per heavy atom. The Bertz CT molecular complexity index is 1170. The molecule has 0 radical (unpaired) electrons. The van der Waals surface area contributed by atoms with E-state index in [0.717, 1.165) is 6.26 Å². The summed E-state index contributed by atoms with van der Waals surface area (Å²) in [5.74, 6) is 0.900. The Morgan fingerprint density at radius 3 is 2.66 bits per heavy atom. The van der Waals surface area contributed by atoms with Gasteiger partial charge in [-0.3, -0.25) is 9.59 Å². The average molecular weight is 436 g/mol. The van der Waals surface area contributed by atoms with Crippen molar-refractivity contribution in [3.63, 3.8) is 0 Å². The number of ether oxygens (including phenoxy) is 1. The molecule has 1 aromatic carbocycles. The molecule has 1 N–H and O–H groups in total. The lowest BCUT2D eigenvalue weighted by molar-refractivity contribution is -0.130. The molecule has 0 saturated heterocycles. The summed E-state index contributed by atoms with van der Waals surface area (Å²) in [5.41, 5.74) is 0.432. The molecule has 3 aromatic rings. The second-order valence-corrected chi connectivity index (χ2v) is 9.52. The molecule has 3 rings (SSSR count). The second kappa shape index (κ2) is 8.75. The summed E-state index contributed by atoms with van der Waals surface area (Å²) in [6.07, 6.45) is 1.93. The molecule has 0 unspecified atom stereocenters. The van der Waals surface area contributed by atoms with Crippen molar-refractivity contribution >= 4 is 37.3 Å². The number of benzene rings is 1. The van der Waals surface area contributed by atoms with Crippen molar-refractivity contribution in [3.05, 3.63) is 51.9 Å². The number of carbonyl (C=O) groups excluding carboxylic acids is 1. The lowest BCUT2D eigenvalue weighted by Gasteiger charge is -2.16. The lowest BCUT2D eigenvalue weighted by atomic mass is 10.3. The minimum atomic E-state index is -3.24. The highest BCUT2D eigenvalue weighted by Crippen LogP contribution is 2.16. The van der Waals surface area contributed by atoms with E-state index in [4.69, 9.17) is 4.74 Å².